The van der Waals surface area contributed by atoms with Crippen LogP contribution in [0.1, 0.15) is 56.3 Å². The number of nitrogens with zero attached hydrogens (tertiary/aromatic N) is 2. The topological polar surface area (TPSA) is 171 Å². The first-order chi connectivity index (χ1) is 23.3. The minimum absolute atomic E-state index is 0.0875. The number of likely N-dealkylation sites (N-methyl/N-ethyl adjacent to an activating group) is 1. The highest BCUT2D eigenvalue weighted by Gasteiger charge is 2.36. The molecule has 5 N–H and O–H groups in total. The van der Waals surface area contributed by atoms with Crippen LogP contribution in [0.4, 0.5) is 21.5 Å². The van der Waals surface area contributed by atoms with Crippen LogP contribution in [0.15, 0.2) is 71.6 Å². The number of halogens is 1. The lowest BCUT2D eigenvalue weighted by molar-refractivity contribution is -0.116. The SMILES string of the molecule is C[C@@H]1CN([C@@H](C)CO)C(=O)c2cccc(NC(=O)CCCCCC(=O)Nc3ccccc3N)c2O[C@@H]1CN(C)S(=O)(=O)c1ccc(F)cc1. The van der Waals surface area contributed by atoms with Crippen LogP contribution in [0, 0.1) is 11.7 Å². The van der Waals surface area contributed by atoms with Gasteiger partial charge < -0.3 is 31.1 Å². The lowest BCUT2D eigenvalue weighted by atomic mass is 9.99. The molecule has 0 aromatic heterocycles. The van der Waals surface area contributed by atoms with Crippen molar-refractivity contribution in [1.82, 2.24) is 9.21 Å². The molecule has 3 aromatic carbocycles. The number of amides is 3. The van der Waals surface area contributed by atoms with E-state index in [0.29, 0.717) is 30.6 Å². The zero-order valence-electron chi connectivity index (χ0n) is 27.9. The fourth-order valence-corrected chi connectivity index (χ4v) is 6.66. The van der Waals surface area contributed by atoms with Crippen LogP contribution < -0.4 is 21.1 Å². The van der Waals surface area contributed by atoms with E-state index in [1.165, 1.54) is 24.1 Å². The molecule has 49 heavy (non-hydrogen) atoms. The first-order valence-electron chi connectivity index (χ1n) is 16.2. The summed E-state index contributed by atoms with van der Waals surface area (Å²) in [4.78, 5) is 40.5. The third-order valence-corrected chi connectivity index (χ3v) is 10.3. The molecule has 12 nitrogen and oxygen atoms in total. The third kappa shape index (κ3) is 9.55. The molecule has 0 radical (unpaired) electrons. The van der Waals surface area contributed by atoms with Gasteiger partial charge in [-0.2, -0.15) is 4.31 Å². The Kier molecular flexibility index (Phi) is 12.7. The number of sulfonamides is 1. The van der Waals surface area contributed by atoms with E-state index in [9.17, 15) is 32.3 Å². The van der Waals surface area contributed by atoms with Crippen molar-refractivity contribution in [2.45, 2.75) is 63.0 Å². The second-order valence-corrected chi connectivity index (χ2v) is 14.3. The number of hydrogen-bond acceptors (Lipinski definition) is 8. The van der Waals surface area contributed by atoms with Crippen molar-refractivity contribution in [2.24, 2.45) is 5.92 Å². The summed E-state index contributed by atoms with van der Waals surface area (Å²) in [7, 11) is -2.63. The Morgan fingerprint density at radius 3 is 2.24 bits per heavy atom. The monoisotopic (exact) mass is 697 g/mol. The van der Waals surface area contributed by atoms with Gasteiger partial charge in [0.1, 0.15) is 11.9 Å². The molecule has 0 aliphatic carbocycles. The summed E-state index contributed by atoms with van der Waals surface area (Å²) in [5.41, 5.74) is 7.31. The van der Waals surface area contributed by atoms with Gasteiger partial charge in [-0.1, -0.05) is 31.5 Å². The van der Waals surface area contributed by atoms with Crippen LogP contribution in [0.2, 0.25) is 0 Å². The van der Waals surface area contributed by atoms with Crippen molar-refractivity contribution >= 4 is 44.8 Å². The largest absolute Gasteiger partial charge is 0.486 e. The summed E-state index contributed by atoms with van der Waals surface area (Å²) < 4.78 is 47.7. The zero-order valence-corrected chi connectivity index (χ0v) is 28.7. The standard InChI is InChI=1S/C35H44FN5O7S/c1-23-20-41(24(2)22-42)35(45)27-10-9-13-30(34(27)48-31(23)21-40(3)49(46,47)26-18-16-25(36)17-19-26)39-33(44)15-6-4-5-14-32(43)38-29-12-8-7-11-28(29)37/h7-13,16-19,23-24,31,42H,4-6,14-15,20-22,37H2,1-3H3,(H,38,43)(H,39,44)/t23-,24+,31-/m1/s1. The molecule has 0 spiro atoms. The van der Waals surface area contributed by atoms with E-state index >= 15 is 0 Å². The lowest BCUT2D eigenvalue weighted by Gasteiger charge is -2.38. The minimum atomic E-state index is -4.02. The number of fused-ring (bicyclic) bond motifs is 1. The van der Waals surface area contributed by atoms with Gasteiger partial charge in [0.25, 0.3) is 5.91 Å². The first kappa shape index (κ1) is 37.3. The highest BCUT2D eigenvalue weighted by Crippen LogP contribution is 2.35. The zero-order chi connectivity index (χ0) is 35.7. The maximum Gasteiger partial charge on any atom is 0.258 e. The number of nitrogen functional groups attached to an aromatic ring is 1. The van der Waals surface area contributed by atoms with Gasteiger partial charge in [0.05, 0.1) is 46.7 Å². The molecule has 0 saturated carbocycles. The number of unbranched alkanes of at least 4 members (excludes halogenated alkanes) is 2. The summed E-state index contributed by atoms with van der Waals surface area (Å²) in [6.45, 7) is 3.27. The van der Waals surface area contributed by atoms with E-state index in [4.69, 9.17) is 10.5 Å². The van der Waals surface area contributed by atoms with Gasteiger partial charge in [-0.25, -0.2) is 12.8 Å². The number of nitrogens with one attached hydrogen (secondary N) is 2. The first-order valence-corrected chi connectivity index (χ1v) is 17.6. The molecule has 264 valence electrons. The quantitative estimate of drug-likeness (QED) is 0.141. The van der Waals surface area contributed by atoms with Gasteiger partial charge >= 0.3 is 0 Å². The molecule has 0 bridgehead atoms. The molecular formula is C35H44FN5O7S. The Morgan fingerprint density at radius 2 is 1.61 bits per heavy atom. The highest BCUT2D eigenvalue weighted by atomic mass is 32.2. The number of ether oxygens (including phenoxy) is 1. The molecule has 3 aromatic rings. The van der Waals surface area contributed by atoms with Crippen molar-refractivity contribution in [1.29, 1.82) is 0 Å². The minimum Gasteiger partial charge on any atom is -0.486 e. The Hall–Kier alpha value is -4.53. The van der Waals surface area contributed by atoms with Gasteiger partial charge in [0.15, 0.2) is 5.75 Å². The number of hydrogen-bond donors (Lipinski definition) is 4. The van der Waals surface area contributed by atoms with Crippen molar-refractivity contribution < 1.29 is 37.0 Å². The molecule has 3 amide bonds. The predicted molar refractivity (Wildman–Crippen MR) is 185 cm³/mol. The molecule has 3 atom stereocenters. The van der Waals surface area contributed by atoms with Crippen LogP contribution in [0.3, 0.4) is 0 Å². The maximum atomic E-state index is 13.8. The number of rotatable bonds is 14. The van der Waals surface area contributed by atoms with E-state index in [1.807, 2.05) is 6.92 Å². The Bertz CT molecular complexity index is 1740. The molecule has 1 aliphatic heterocycles. The van der Waals surface area contributed by atoms with Crippen LogP contribution in [-0.4, -0.2) is 79.3 Å². The molecule has 4 rings (SSSR count). The third-order valence-electron chi connectivity index (χ3n) is 8.47. The van der Waals surface area contributed by atoms with Crippen molar-refractivity contribution in [3.8, 4) is 5.75 Å². The molecule has 0 saturated heterocycles. The van der Waals surface area contributed by atoms with Gasteiger partial charge in [0.2, 0.25) is 21.8 Å². The number of carbonyl (C=O) groups is 3. The average Bonchev–Trinajstić information content (AvgIpc) is 3.07. The number of benzene rings is 3. The number of aliphatic hydroxyl groups excluding tert-OH is 1. The predicted octanol–water partition coefficient (Wildman–Crippen LogP) is 4.48. The maximum absolute atomic E-state index is 13.8. The van der Waals surface area contributed by atoms with E-state index < -0.39 is 39.8 Å². The number of aliphatic hydroxyl groups is 1. The average molecular weight is 698 g/mol. The van der Waals surface area contributed by atoms with Crippen LogP contribution in [0.5, 0.6) is 5.75 Å². The van der Waals surface area contributed by atoms with Gasteiger partial charge in [0, 0.05) is 32.4 Å². The number of nitrogens with two attached hydrogens (primary N) is 1. The fourth-order valence-electron chi connectivity index (χ4n) is 5.48. The fraction of sp³-hybridized carbons (Fsp3) is 0.400. The van der Waals surface area contributed by atoms with E-state index in [-0.39, 0.29) is 66.2 Å². The normalized spacial score (nSPS) is 17.0. The molecular weight excluding hydrogens is 653 g/mol. The van der Waals surface area contributed by atoms with Gasteiger partial charge in [-0.15, -0.1) is 0 Å². The molecule has 14 heteroatoms. The van der Waals surface area contributed by atoms with Crippen molar-refractivity contribution in [3.63, 3.8) is 0 Å². The lowest BCUT2D eigenvalue weighted by Crippen LogP contribution is -2.50. The second kappa shape index (κ2) is 16.7. The Balaban J connectivity index is 1.46. The number of anilines is 3. The summed E-state index contributed by atoms with van der Waals surface area (Å²) in [5.74, 6) is -1.77. The Morgan fingerprint density at radius 1 is 1.00 bits per heavy atom. The molecule has 0 fully saturated rings. The van der Waals surface area contributed by atoms with E-state index in [2.05, 4.69) is 10.6 Å². The summed E-state index contributed by atoms with van der Waals surface area (Å²) >= 11 is 0. The highest BCUT2D eigenvalue weighted by molar-refractivity contribution is 7.89. The second-order valence-electron chi connectivity index (χ2n) is 12.3. The van der Waals surface area contributed by atoms with Crippen LogP contribution in [-0.2, 0) is 19.6 Å². The smallest absolute Gasteiger partial charge is 0.258 e. The molecule has 1 aliphatic rings. The van der Waals surface area contributed by atoms with E-state index in [1.54, 1.807) is 49.4 Å². The summed E-state index contributed by atoms with van der Waals surface area (Å²) in [5, 5.41) is 15.6. The van der Waals surface area contributed by atoms with Gasteiger partial charge in [-0.3, -0.25) is 14.4 Å². The molecule has 0 unspecified atom stereocenters. The number of carbonyl (C=O) groups excluding carboxylic acids is 3. The number of para-hydroxylation sites is 3. The van der Waals surface area contributed by atoms with Gasteiger partial charge in [-0.05, 0) is 68.3 Å². The summed E-state index contributed by atoms with van der Waals surface area (Å²) in [6, 6.07) is 15.7. The molecule has 1 heterocycles. The Labute approximate surface area is 286 Å². The van der Waals surface area contributed by atoms with Crippen LogP contribution >= 0.6 is 0 Å². The van der Waals surface area contributed by atoms with E-state index in [0.717, 1.165) is 16.4 Å². The van der Waals surface area contributed by atoms with Crippen molar-refractivity contribution in [3.05, 3.63) is 78.1 Å². The summed E-state index contributed by atoms with van der Waals surface area (Å²) in [6.07, 6.45) is 1.33. The van der Waals surface area contributed by atoms with Crippen LogP contribution in [0.25, 0.3) is 0 Å². The van der Waals surface area contributed by atoms with Crippen molar-refractivity contribution in [2.75, 3.05) is 43.1 Å².